The molecule has 0 radical (unpaired) electrons. The predicted octanol–water partition coefficient (Wildman–Crippen LogP) is 5.82. The fourth-order valence-corrected chi connectivity index (χ4v) is 5.50. The van der Waals surface area contributed by atoms with E-state index in [2.05, 4.69) is 53.2 Å². The van der Waals surface area contributed by atoms with Crippen LogP contribution in [0.15, 0.2) is 66.7 Å². The lowest BCUT2D eigenvalue weighted by Gasteiger charge is -2.36. The van der Waals surface area contributed by atoms with Crippen molar-refractivity contribution in [3.8, 4) is 5.75 Å². The molecule has 4 aromatic rings. The third-order valence-corrected chi connectivity index (χ3v) is 7.42. The van der Waals surface area contributed by atoms with Gasteiger partial charge in [-0.2, -0.15) is 0 Å². The van der Waals surface area contributed by atoms with Gasteiger partial charge in [0, 0.05) is 38.1 Å². The first-order chi connectivity index (χ1) is 15.3. The molecular weight excluding hydrogens is 402 g/mol. The number of benzene rings is 3. The van der Waals surface area contributed by atoms with Crippen molar-refractivity contribution in [1.82, 2.24) is 9.88 Å². The maximum Gasteiger partial charge on any atom is 0.186 e. The lowest BCUT2D eigenvalue weighted by molar-refractivity contribution is 0.192. The molecule has 1 fully saturated rings. The van der Waals surface area contributed by atoms with Crippen molar-refractivity contribution in [3.63, 3.8) is 0 Å². The molecule has 5 heteroatoms. The Labute approximate surface area is 188 Å². The summed E-state index contributed by atoms with van der Waals surface area (Å²) in [7, 11) is 2.22. The SMILES string of the molecule is CN(c1nc2c(ccc3ccccc32)s1)C1CCN(CCCOc2ccccc2)CC1. The van der Waals surface area contributed by atoms with Crippen LogP contribution in [0.4, 0.5) is 5.13 Å². The minimum Gasteiger partial charge on any atom is -0.494 e. The van der Waals surface area contributed by atoms with Crippen LogP contribution < -0.4 is 9.64 Å². The van der Waals surface area contributed by atoms with E-state index in [-0.39, 0.29) is 0 Å². The van der Waals surface area contributed by atoms with Crippen molar-refractivity contribution in [2.24, 2.45) is 0 Å². The van der Waals surface area contributed by atoms with Crippen molar-refractivity contribution < 1.29 is 4.74 Å². The molecule has 2 heterocycles. The molecule has 3 aromatic carbocycles. The zero-order chi connectivity index (χ0) is 21.0. The number of rotatable bonds is 7. The monoisotopic (exact) mass is 431 g/mol. The zero-order valence-corrected chi connectivity index (χ0v) is 18.9. The molecule has 5 rings (SSSR count). The summed E-state index contributed by atoms with van der Waals surface area (Å²) in [5.41, 5.74) is 1.14. The highest BCUT2D eigenvalue weighted by Crippen LogP contribution is 2.34. The number of likely N-dealkylation sites (tertiary alicyclic amines) is 1. The second-order valence-corrected chi connectivity index (χ2v) is 9.34. The second-order valence-electron chi connectivity index (χ2n) is 8.33. The highest BCUT2D eigenvalue weighted by atomic mass is 32.1. The smallest absolute Gasteiger partial charge is 0.186 e. The van der Waals surface area contributed by atoms with Crippen molar-refractivity contribution in [2.45, 2.75) is 25.3 Å². The van der Waals surface area contributed by atoms with Crippen molar-refractivity contribution in [2.75, 3.05) is 38.2 Å². The van der Waals surface area contributed by atoms with E-state index in [9.17, 15) is 0 Å². The standard InChI is InChI=1S/C26H29N3OS/c1-28(26-27-25-23-11-6-5-8-20(23)12-13-24(25)31-26)21-14-17-29(18-15-21)16-7-19-30-22-9-3-2-4-10-22/h2-6,8-13,21H,7,14-19H2,1H3. The second kappa shape index (κ2) is 9.25. The van der Waals surface area contributed by atoms with Gasteiger partial charge in [-0.3, -0.25) is 0 Å². The normalized spacial score (nSPS) is 15.5. The molecular formula is C26H29N3OS. The highest BCUT2D eigenvalue weighted by molar-refractivity contribution is 7.22. The minimum atomic E-state index is 0.559. The molecule has 0 bridgehead atoms. The Hall–Kier alpha value is -2.63. The van der Waals surface area contributed by atoms with E-state index < -0.39 is 0 Å². The zero-order valence-electron chi connectivity index (χ0n) is 18.0. The summed E-state index contributed by atoms with van der Waals surface area (Å²) in [5.74, 6) is 0.964. The number of hydrogen-bond donors (Lipinski definition) is 0. The molecule has 0 unspecified atom stereocenters. The lowest BCUT2D eigenvalue weighted by atomic mass is 10.0. The maximum absolute atomic E-state index is 5.83. The predicted molar refractivity (Wildman–Crippen MR) is 132 cm³/mol. The molecule has 0 aliphatic carbocycles. The van der Waals surface area contributed by atoms with Crippen LogP contribution in [0.25, 0.3) is 21.0 Å². The fraction of sp³-hybridized carbons (Fsp3) is 0.346. The van der Waals surface area contributed by atoms with Gasteiger partial charge in [0.05, 0.1) is 16.8 Å². The van der Waals surface area contributed by atoms with E-state index >= 15 is 0 Å². The average molecular weight is 432 g/mol. The van der Waals surface area contributed by atoms with E-state index in [1.165, 1.54) is 28.3 Å². The first-order valence-electron chi connectivity index (χ1n) is 11.2. The molecule has 4 nitrogen and oxygen atoms in total. The van der Waals surface area contributed by atoms with E-state index in [0.29, 0.717) is 6.04 Å². The topological polar surface area (TPSA) is 28.6 Å². The summed E-state index contributed by atoms with van der Waals surface area (Å²) >= 11 is 1.81. The molecule has 1 aliphatic heterocycles. The summed E-state index contributed by atoms with van der Waals surface area (Å²) in [6.07, 6.45) is 3.44. The minimum absolute atomic E-state index is 0.559. The molecule has 0 atom stereocenters. The molecule has 31 heavy (non-hydrogen) atoms. The summed E-state index contributed by atoms with van der Waals surface area (Å²) in [6.45, 7) is 4.18. The van der Waals surface area contributed by atoms with Crippen LogP contribution in [0, 0.1) is 0 Å². The Balaban J connectivity index is 1.15. The van der Waals surface area contributed by atoms with Crippen LogP contribution in [0.3, 0.4) is 0 Å². The average Bonchev–Trinajstić information content (AvgIpc) is 3.27. The Bertz CT molecular complexity index is 1140. The van der Waals surface area contributed by atoms with Gasteiger partial charge in [-0.15, -0.1) is 0 Å². The lowest BCUT2D eigenvalue weighted by Crippen LogP contribution is -2.43. The molecule has 0 spiro atoms. The van der Waals surface area contributed by atoms with Crippen LogP contribution in [-0.4, -0.2) is 49.2 Å². The fourth-order valence-electron chi connectivity index (χ4n) is 4.48. The summed E-state index contributed by atoms with van der Waals surface area (Å²) in [4.78, 5) is 10.0. The number of nitrogens with zero attached hydrogens (tertiary/aromatic N) is 3. The van der Waals surface area contributed by atoms with Crippen molar-refractivity contribution >= 4 is 37.5 Å². The number of para-hydroxylation sites is 1. The Kier molecular flexibility index (Phi) is 6.05. The molecule has 1 aliphatic rings. The van der Waals surface area contributed by atoms with Gasteiger partial charge in [-0.25, -0.2) is 4.98 Å². The summed E-state index contributed by atoms with van der Waals surface area (Å²) in [5, 5.41) is 3.66. The number of piperidine rings is 1. The van der Waals surface area contributed by atoms with Gasteiger partial charge in [0.2, 0.25) is 0 Å². The van der Waals surface area contributed by atoms with Gasteiger partial charge in [0.25, 0.3) is 0 Å². The summed E-state index contributed by atoms with van der Waals surface area (Å²) < 4.78 is 7.11. The number of fused-ring (bicyclic) bond motifs is 3. The number of anilines is 1. The largest absolute Gasteiger partial charge is 0.494 e. The van der Waals surface area contributed by atoms with Gasteiger partial charge in [-0.1, -0.05) is 59.9 Å². The number of hydrogen-bond acceptors (Lipinski definition) is 5. The van der Waals surface area contributed by atoms with E-state index in [1.54, 1.807) is 0 Å². The molecule has 0 N–H and O–H groups in total. The van der Waals surface area contributed by atoms with Gasteiger partial charge >= 0.3 is 0 Å². The Morgan fingerprint density at radius 3 is 2.61 bits per heavy atom. The number of ether oxygens (including phenoxy) is 1. The van der Waals surface area contributed by atoms with E-state index in [0.717, 1.165) is 49.1 Å². The van der Waals surface area contributed by atoms with Crippen LogP contribution in [0.1, 0.15) is 19.3 Å². The van der Waals surface area contributed by atoms with Crippen LogP contribution >= 0.6 is 11.3 Å². The van der Waals surface area contributed by atoms with E-state index in [4.69, 9.17) is 9.72 Å². The molecule has 1 saturated heterocycles. The molecule has 160 valence electrons. The van der Waals surface area contributed by atoms with Crippen LogP contribution in [0.5, 0.6) is 5.75 Å². The molecule has 0 saturated carbocycles. The third-order valence-electron chi connectivity index (χ3n) is 6.31. The van der Waals surface area contributed by atoms with Crippen LogP contribution in [-0.2, 0) is 0 Å². The first kappa shape index (κ1) is 20.3. The van der Waals surface area contributed by atoms with Crippen molar-refractivity contribution in [1.29, 1.82) is 0 Å². The maximum atomic E-state index is 5.83. The van der Waals surface area contributed by atoms with E-state index in [1.807, 2.05) is 41.7 Å². The van der Waals surface area contributed by atoms with Gasteiger partial charge < -0.3 is 14.5 Å². The molecule has 0 amide bonds. The highest BCUT2D eigenvalue weighted by Gasteiger charge is 2.24. The first-order valence-corrected chi connectivity index (χ1v) is 12.0. The van der Waals surface area contributed by atoms with Gasteiger partial charge in [0.1, 0.15) is 5.75 Å². The Morgan fingerprint density at radius 1 is 1.00 bits per heavy atom. The van der Waals surface area contributed by atoms with Crippen molar-refractivity contribution in [3.05, 3.63) is 66.7 Å². The Morgan fingerprint density at radius 2 is 1.77 bits per heavy atom. The molecule has 1 aromatic heterocycles. The quantitative estimate of drug-likeness (QED) is 0.345. The van der Waals surface area contributed by atoms with Gasteiger partial charge in [-0.05, 0) is 42.8 Å². The number of thiazole rings is 1. The van der Waals surface area contributed by atoms with Gasteiger partial charge in [0.15, 0.2) is 5.13 Å². The van der Waals surface area contributed by atoms with Crippen LogP contribution in [0.2, 0.25) is 0 Å². The number of aromatic nitrogens is 1. The third kappa shape index (κ3) is 4.53. The summed E-state index contributed by atoms with van der Waals surface area (Å²) in [6, 6.07) is 23.6.